The molecule has 0 radical (unpaired) electrons. The van der Waals surface area contributed by atoms with Gasteiger partial charge in [0.15, 0.2) is 0 Å². The van der Waals surface area contributed by atoms with Crippen molar-refractivity contribution in [1.82, 2.24) is 10.2 Å². The van der Waals surface area contributed by atoms with Crippen molar-refractivity contribution in [2.75, 3.05) is 24.2 Å². The molecule has 3 amide bonds. The smallest absolute Gasteiger partial charge is 0.281 e. The minimum atomic E-state index is -0.206. The maximum atomic E-state index is 12.6. The lowest BCUT2D eigenvalue weighted by Crippen LogP contribution is -2.36. The third-order valence-corrected chi connectivity index (χ3v) is 6.11. The average Bonchev–Trinajstić information content (AvgIpc) is 3.07. The molecule has 0 atom stereocenters. The van der Waals surface area contributed by atoms with E-state index >= 15 is 0 Å². The van der Waals surface area contributed by atoms with Gasteiger partial charge in [0.05, 0.1) is 10.6 Å². The van der Waals surface area contributed by atoms with E-state index in [9.17, 15) is 14.4 Å². The lowest BCUT2D eigenvalue weighted by atomic mass is 9.95. The molecular weight excluding hydrogens is 386 g/mol. The van der Waals surface area contributed by atoms with E-state index in [1.165, 1.54) is 18.2 Å². The molecule has 146 valence electrons. The number of amides is 3. The molecule has 2 aliphatic rings. The third-order valence-electron chi connectivity index (χ3n) is 4.89. The number of carbonyl (C=O) groups is 3. The van der Waals surface area contributed by atoms with Gasteiger partial charge in [-0.1, -0.05) is 42.6 Å². The van der Waals surface area contributed by atoms with Crippen LogP contribution in [0.1, 0.15) is 48.9 Å². The second-order valence-electron chi connectivity index (χ2n) is 6.90. The average molecular weight is 410 g/mol. The van der Waals surface area contributed by atoms with Crippen molar-refractivity contribution in [2.45, 2.75) is 44.6 Å². The molecular formula is C19H24ClN3O3S. The summed E-state index contributed by atoms with van der Waals surface area (Å²) < 4.78 is 0. The summed E-state index contributed by atoms with van der Waals surface area (Å²) in [6.45, 7) is 1.09. The van der Waals surface area contributed by atoms with Crippen LogP contribution in [0.2, 0.25) is 5.02 Å². The fourth-order valence-corrected chi connectivity index (χ4v) is 4.43. The first-order chi connectivity index (χ1) is 13.0. The molecule has 1 aromatic carbocycles. The van der Waals surface area contributed by atoms with E-state index in [1.54, 1.807) is 23.1 Å². The number of thioether (sulfide) groups is 1. The number of benzene rings is 1. The molecule has 3 rings (SSSR count). The highest BCUT2D eigenvalue weighted by molar-refractivity contribution is 8.13. The Bertz CT molecular complexity index is 722. The molecule has 2 N–H and O–H groups in total. The molecule has 0 spiro atoms. The predicted octanol–water partition coefficient (Wildman–Crippen LogP) is 3.90. The van der Waals surface area contributed by atoms with Crippen molar-refractivity contribution < 1.29 is 14.4 Å². The van der Waals surface area contributed by atoms with Crippen LogP contribution in [-0.4, -0.2) is 46.8 Å². The largest absolute Gasteiger partial charge is 0.349 e. The summed E-state index contributed by atoms with van der Waals surface area (Å²) in [5.74, 6) is 0.375. The minimum absolute atomic E-state index is 0.0240. The second-order valence-corrected chi connectivity index (χ2v) is 8.36. The van der Waals surface area contributed by atoms with Crippen LogP contribution >= 0.6 is 23.4 Å². The van der Waals surface area contributed by atoms with Crippen LogP contribution in [0.5, 0.6) is 0 Å². The number of hydrogen-bond donors (Lipinski definition) is 2. The van der Waals surface area contributed by atoms with Crippen LogP contribution in [-0.2, 0) is 4.79 Å². The number of anilines is 1. The fourth-order valence-electron chi connectivity index (χ4n) is 3.38. The van der Waals surface area contributed by atoms with Gasteiger partial charge in [0.25, 0.3) is 11.1 Å². The van der Waals surface area contributed by atoms with Crippen LogP contribution < -0.4 is 10.6 Å². The Morgan fingerprint density at radius 1 is 1.22 bits per heavy atom. The topological polar surface area (TPSA) is 78.5 Å². The van der Waals surface area contributed by atoms with Gasteiger partial charge in [-0.2, -0.15) is 0 Å². The molecule has 27 heavy (non-hydrogen) atoms. The zero-order valence-electron chi connectivity index (χ0n) is 15.1. The molecule has 8 heteroatoms. The first kappa shape index (κ1) is 20.0. The van der Waals surface area contributed by atoms with E-state index < -0.39 is 0 Å². The van der Waals surface area contributed by atoms with Gasteiger partial charge in [0, 0.05) is 37.0 Å². The highest BCUT2D eigenvalue weighted by Gasteiger charge is 2.22. The molecule has 1 aliphatic carbocycles. The summed E-state index contributed by atoms with van der Waals surface area (Å²) in [6, 6.07) is 5.09. The monoisotopic (exact) mass is 409 g/mol. The Balaban J connectivity index is 1.56. The van der Waals surface area contributed by atoms with Crippen molar-refractivity contribution in [3.05, 3.63) is 28.8 Å². The number of rotatable bonds is 6. The number of halogens is 1. The van der Waals surface area contributed by atoms with Gasteiger partial charge < -0.3 is 15.5 Å². The lowest BCUT2D eigenvalue weighted by molar-refractivity contribution is -0.116. The summed E-state index contributed by atoms with van der Waals surface area (Å²) in [6.07, 6.45) is 5.69. The van der Waals surface area contributed by atoms with Gasteiger partial charge in [-0.05, 0) is 31.0 Å². The quantitative estimate of drug-likeness (QED) is 0.746. The zero-order chi connectivity index (χ0) is 19.2. The Kier molecular flexibility index (Phi) is 7.01. The van der Waals surface area contributed by atoms with Crippen molar-refractivity contribution >= 4 is 46.1 Å². The van der Waals surface area contributed by atoms with E-state index in [0.29, 0.717) is 29.4 Å². The number of nitrogens with one attached hydrogen (secondary N) is 2. The molecule has 6 nitrogen and oxygen atoms in total. The second kappa shape index (κ2) is 9.46. The summed E-state index contributed by atoms with van der Waals surface area (Å²) in [5, 5.41) is 6.21. The number of nitrogens with zero attached hydrogens (tertiary/aromatic N) is 1. The van der Waals surface area contributed by atoms with E-state index in [1.807, 2.05) is 0 Å². The Labute approximate surface area is 168 Å². The number of carbonyl (C=O) groups excluding carboxylic acids is 3. The molecule has 1 aliphatic heterocycles. The van der Waals surface area contributed by atoms with Gasteiger partial charge in [-0.3, -0.25) is 14.4 Å². The highest BCUT2D eigenvalue weighted by Crippen LogP contribution is 2.23. The van der Waals surface area contributed by atoms with Crippen LogP contribution in [0.15, 0.2) is 18.2 Å². The SMILES string of the molecule is O=C(CCN1CCSC1=O)Nc1ccc(Cl)c(C(=O)NC2CCCCC2)c1. The summed E-state index contributed by atoms with van der Waals surface area (Å²) in [5.41, 5.74) is 0.895. The molecule has 1 aromatic rings. The van der Waals surface area contributed by atoms with Crippen LogP contribution in [0.3, 0.4) is 0 Å². The third kappa shape index (κ3) is 5.62. The van der Waals surface area contributed by atoms with Crippen molar-refractivity contribution in [3.8, 4) is 0 Å². The summed E-state index contributed by atoms with van der Waals surface area (Å²) in [4.78, 5) is 38.0. The van der Waals surface area contributed by atoms with Crippen LogP contribution in [0, 0.1) is 0 Å². The Hall–Kier alpha value is -1.73. The van der Waals surface area contributed by atoms with Gasteiger partial charge in [-0.15, -0.1) is 0 Å². The van der Waals surface area contributed by atoms with Gasteiger partial charge in [-0.25, -0.2) is 0 Å². The van der Waals surface area contributed by atoms with Crippen molar-refractivity contribution in [1.29, 1.82) is 0 Å². The van der Waals surface area contributed by atoms with Crippen molar-refractivity contribution in [2.24, 2.45) is 0 Å². The van der Waals surface area contributed by atoms with Crippen molar-refractivity contribution in [3.63, 3.8) is 0 Å². The lowest BCUT2D eigenvalue weighted by Gasteiger charge is -2.23. The summed E-state index contributed by atoms with van der Waals surface area (Å²) in [7, 11) is 0. The Morgan fingerprint density at radius 3 is 2.70 bits per heavy atom. The maximum absolute atomic E-state index is 12.6. The van der Waals surface area contributed by atoms with E-state index in [0.717, 1.165) is 31.4 Å². The molecule has 1 saturated carbocycles. The van der Waals surface area contributed by atoms with Crippen LogP contribution in [0.4, 0.5) is 10.5 Å². The molecule has 0 bridgehead atoms. The molecule has 1 heterocycles. The Morgan fingerprint density at radius 2 is 2.00 bits per heavy atom. The van der Waals surface area contributed by atoms with Crippen LogP contribution in [0.25, 0.3) is 0 Å². The van der Waals surface area contributed by atoms with Gasteiger partial charge >= 0.3 is 0 Å². The summed E-state index contributed by atoms with van der Waals surface area (Å²) >= 11 is 7.47. The molecule has 1 saturated heterocycles. The number of hydrogen-bond acceptors (Lipinski definition) is 4. The van der Waals surface area contributed by atoms with Gasteiger partial charge in [0.2, 0.25) is 5.91 Å². The molecule has 2 fully saturated rings. The van der Waals surface area contributed by atoms with E-state index in [-0.39, 0.29) is 29.5 Å². The molecule has 0 unspecified atom stereocenters. The first-order valence-electron chi connectivity index (χ1n) is 9.35. The zero-order valence-corrected chi connectivity index (χ0v) is 16.7. The predicted molar refractivity (Wildman–Crippen MR) is 108 cm³/mol. The van der Waals surface area contributed by atoms with Gasteiger partial charge in [0.1, 0.15) is 0 Å². The van der Waals surface area contributed by atoms with E-state index in [4.69, 9.17) is 11.6 Å². The fraction of sp³-hybridized carbons (Fsp3) is 0.526. The molecule has 0 aromatic heterocycles. The minimum Gasteiger partial charge on any atom is -0.349 e. The highest BCUT2D eigenvalue weighted by atomic mass is 35.5. The maximum Gasteiger partial charge on any atom is 0.281 e. The van der Waals surface area contributed by atoms with E-state index in [2.05, 4.69) is 10.6 Å². The normalized spacial score (nSPS) is 17.8. The first-order valence-corrected chi connectivity index (χ1v) is 10.7. The standard InChI is InChI=1S/C19H24ClN3O3S/c20-16-7-6-14(21-17(24)8-9-23-10-11-27-19(23)26)12-15(16)18(25)22-13-4-2-1-3-5-13/h6-7,12-13H,1-5,8-11H2,(H,21,24)(H,22,25).